The average molecular weight is 535 g/mol. The Morgan fingerprint density at radius 2 is 1.51 bits per heavy atom. The van der Waals surface area contributed by atoms with Gasteiger partial charge in [0.15, 0.2) is 10.6 Å². The van der Waals surface area contributed by atoms with Crippen LogP contribution in [0.5, 0.6) is 5.75 Å². The number of phenols is 1. The molecule has 7 N–H and O–H groups in total. The van der Waals surface area contributed by atoms with E-state index >= 15 is 0 Å². The molecular weight excluding hydrogens is 504 g/mol. The highest BCUT2D eigenvalue weighted by Gasteiger charge is 2.41. The number of aliphatic hydroxyl groups is 1. The lowest BCUT2D eigenvalue weighted by atomic mass is 9.85. The molecule has 1 atom stereocenters. The Labute approximate surface area is 224 Å². The molecule has 12 nitrogen and oxygen atoms in total. The SMILES string of the molecule is N/C(=N/[N+](=O)[O-])NCCC[C@@H](NC(=O)C(O)(c1ccccc1)c1ccccc1)C(=O)NCc1ccc(O)cc1. The third-order valence-corrected chi connectivity index (χ3v) is 5.90. The van der Waals surface area contributed by atoms with Crippen molar-refractivity contribution in [2.45, 2.75) is 31.0 Å². The van der Waals surface area contributed by atoms with Crippen molar-refractivity contribution in [1.82, 2.24) is 16.0 Å². The number of phenolic OH excluding ortho intramolecular Hbond substituents is 1. The number of hydrogen-bond donors (Lipinski definition) is 6. The topological polar surface area (TPSA) is 192 Å². The number of amides is 2. The van der Waals surface area contributed by atoms with Crippen molar-refractivity contribution < 1.29 is 24.8 Å². The van der Waals surface area contributed by atoms with E-state index in [1.165, 1.54) is 12.1 Å². The molecule has 3 rings (SSSR count). The number of nitrogens with zero attached hydrogens (tertiary/aromatic N) is 2. The van der Waals surface area contributed by atoms with E-state index in [2.05, 4.69) is 21.1 Å². The monoisotopic (exact) mass is 534 g/mol. The van der Waals surface area contributed by atoms with Crippen LogP contribution >= 0.6 is 0 Å². The summed E-state index contributed by atoms with van der Waals surface area (Å²) in [6.07, 6.45) is 0.395. The highest BCUT2D eigenvalue weighted by molar-refractivity contribution is 5.94. The summed E-state index contributed by atoms with van der Waals surface area (Å²) < 4.78 is 0. The summed E-state index contributed by atoms with van der Waals surface area (Å²) in [7, 11) is 0. The first-order valence-corrected chi connectivity index (χ1v) is 12.1. The van der Waals surface area contributed by atoms with Crippen molar-refractivity contribution >= 4 is 17.8 Å². The quantitative estimate of drug-likeness (QED) is 0.0658. The van der Waals surface area contributed by atoms with Gasteiger partial charge in [-0.1, -0.05) is 72.8 Å². The summed E-state index contributed by atoms with van der Waals surface area (Å²) in [5.41, 5.74) is 4.72. The number of carbonyl (C=O) groups excluding carboxylic acids is 2. The molecule has 204 valence electrons. The molecule has 0 radical (unpaired) electrons. The third-order valence-electron chi connectivity index (χ3n) is 5.90. The van der Waals surface area contributed by atoms with Gasteiger partial charge in [0, 0.05) is 13.1 Å². The first kappa shape index (κ1) is 28.6. The minimum Gasteiger partial charge on any atom is -0.508 e. The molecule has 0 bridgehead atoms. The van der Waals surface area contributed by atoms with Gasteiger partial charge >= 0.3 is 0 Å². The van der Waals surface area contributed by atoms with Crippen LogP contribution in [0.25, 0.3) is 0 Å². The Morgan fingerprint density at radius 3 is 2.05 bits per heavy atom. The predicted octanol–water partition coefficient (Wildman–Crippen LogP) is 1.31. The third kappa shape index (κ3) is 8.01. The second-order valence-corrected chi connectivity index (χ2v) is 8.64. The van der Waals surface area contributed by atoms with Crippen molar-refractivity contribution in [2.24, 2.45) is 10.8 Å². The first-order valence-electron chi connectivity index (χ1n) is 12.1. The van der Waals surface area contributed by atoms with Crippen molar-refractivity contribution in [1.29, 1.82) is 0 Å². The van der Waals surface area contributed by atoms with Crippen LogP contribution in [0.3, 0.4) is 0 Å². The molecule has 2 amide bonds. The molecule has 0 saturated carbocycles. The van der Waals surface area contributed by atoms with Gasteiger partial charge in [-0.3, -0.25) is 9.59 Å². The summed E-state index contributed by atoms with van der Waals surface area (Å²) >= 11 is 0. The number of hydrogen-bond acceptors (Lipinski definition) is 6. The number of nitro groups is 1. The number of aromatic hydroxyl groups is 1. The van der Waals surface area contributed by atoms with Gasteiger partial charge in [0.2, 0.25) is 5.91 Å². The van der Waals surface area contributed by atoms with Gasteiger partial charge in [-0.25, -0.2) is 10.1 Å². The molecule has 0 fully saturated rings. The number of nitrogens with one attached hydrogen (secondary N) is 3. The number of carbonyl (C=O) groups is 2. The van der Waals surface area contributed by atoms with Gasteiger partial charge < -0.3 is 31.9 Å². The van der Waals surface area contributed by atoms with Crippen LogP contribution in [0.4, 0.5) is 0 Å². The van der Waals surface area contributed by atoms with Crippen molar-refractivity contribution in [3.8, 4) is 5.75 Å². The summed E-state index contributed by atoms with van der Waals surface area (Å²) in [6, 6.07) is 22.0. The Balaban J connectivity index is 1.80. The Bertz CT molecular complexity index is 1250. The molecule has 39 heavy (non-hydrogen) atoms. The molecular formula is C27H30N6O6. The maximum Gasteiger partial charge on any atom is 0.266 e. The van der Waals surface area contributed by atoms with E-state index in [4.69, 9.17) is 5.73 Å². The van der Waals surface area contributed by atoms with Crippen molar-refractivity contribution in [3.05, 3.63) is 112 Å². The minimum atomic E-state index is -2.08. The highest BCUT2D eigenvalue weighted by atomic mass is 16.7. The lowest BCUT2D eigenvalue weighted by molar-refractivity contribution is -0.485. The standard InChI is InChI=1S/C27H30N6O6/c28-26(32-33(38)39)29-17-7-12-23(24(35)30-18-19-13-15-22(34)16-14-19)31-25(36)27(37,20-8-3-1-4-9-20)21-10-5-2-6-11-21/h1-6,8-11,13-16,23,34,37H,7,12,17-18H2,(H,30,35)(H,31,36)(H3,28,29,32)/t23-/m1/s1. The lowest BCUT2D eigenvalue weighted by Gasteiger charge is -2.30. The fraction of sp³-hybridized carbons (Fsp3) is 0.222. The smallest absolute Gasteiger partial charge is 0.266 e. The number of guanidine groups is 1. The Morgan fingerprint density at radius 1 is 0.949 bits per heavy atom. The first-order chi connectivity index (χ1) is 18.7. The number of hydrazone groups is 1. The maximum absolute atomic E-state index is 13.7. The van der Waals surface area contributed by atoms with Gasteiger partial charge in [-0.2, -0.15) is 0 Å². The zero-order valence-electron chi connectivity index (χ0n) is 21.0. The molecule has 0 saturated heterocycles. The molecule has 0 aliphatic rings. The van der Waals surface area contributed by atoms with Gasteiger partial charge in [0.05, 0.1) is 0 Å². The molecule has 0 aromatic heterocycles. The van der Waals surface area contributed by atoms with Crippen LogP contribution in [-0.2, 0) is 21.7 Å². The van der Waals surface area contributed by atoms with E-state index in [1.54, 1.807) is 72.8 Å². The molecule has 3 aromatic rings. The normalized spacial score (nSPS) is 12.3. The summed E-state index contributed by atoms with van der Waals surface area (Å²) in [5, 5.41) is 41.7. The van der Waals surface area contributed by atoms with Gasteiger partial charge in [-0.05, 0) is 41.7 Å². The average Bonchev–Trinajstić information content (AvgIpc) is 2.94. The van der Waals surface area contributed by atoms with Crippen LogP contribution in [0.15, 0.2) is 90.0 Å². The summed E-state index contributed by atoms with van der Waals surface area (Å²) in [6.45, 7) is 0.274. The van der Waals surface area contributed by atoms with E-state index in [0.717, 1.165) is 5.56 Å². The molecule has 12 heteroatoms. The maximum atomic E-state index is 13.7. The van der Waals surface area contributed by atoms with E-state index in [1.807, 2.05) is 0 Å². The van der Waals surface area contributed by atoms with Crippen molar-refractivity contribution in [3.63, 3.8) is 0 Å². The molecule has 0 spiro atoms. The van der Waals surface area contributed by atoms with Crippen LogP contribution in [0.1, 0.15) is 29.5 Å². The number of benzene rings is 3. The van der Waals surface area contributed by atoms with Gasteiger partial charge in [-0.15, -0.1) is 0 Å². The fourth-order valence-electron chi connectivity index (χ4n) is 3.89. The molecule has 0 unspecified atom stereocenters. The zero-order valence-corrected chi connectivity index (χ0v) is 21.0. The largest absolute Gasteiger partial charge is 0.508 e. The van der Waals surface area contributed by atoms with Crippen LogP contribution in [0, 0.1) is 10.1 Å². The summed E-state index contributed by atoms with van der Waals surface area (Å²) in [4.78, 5) is 37.3. The fourth-order valence-corrected chi connectivity index (χ4v) is 3.89. The van der Waals surface area contributed by atoms with Crippen LogP contribution in [0.2, 0.25) is 0 Å². The Kier molecular flexibility index (Phi) is 9.93. The second-order valence-electron chi connectivity index (χ2n) is 8.64. The van der Waals surface area contributed by atoms with E-state index in [-0.39, 0.29) is 37.6 Å². The zero-order chi connectivity index (χ0) is 28.3. The van der Waals surface area contributed by atoms with E-state index in [0.29, 0.717) is 11.1 Å². The summed E-state index contributed by atoms with van der Waals surface area (Å²) in [5.74, 6) is -1.61. The molecule has 3 aromatic carbocycles. The second kappa shape index (κ2) is 13.5. The van der Waals surface area contributed by atoms with Crippen LogP contribution in [-0.4, -0.2) is 45.6 Å². The van der Waals surface area contributed by atoms with Crippen molar-refractivity contribution in [2.75, 3.05) is 6.54 Å². The molecule has 0 heterocycles. The van der Waals surface area contributed by atoms with Gasteiger partial charge in [0.25, 0.3) is 11.9 Å². The Hall–Kier alpha value is -4.97. The van der Waals surface area contributed by atoms with E-state index < -0.39 is 28.5 Å². The minimum absolute atomic E-state index is 0.0868. The number of rotatable bonds is 12. The van der Waals surface area contributed by atoms with Crippen LogP contribution < -0.4 is 21.7 Å². The predicted molar refractivity (Wildman–Crippen MR) is 144 cm³/mol. The molecule has 0 aliphatic carbocycles. The lowest BCUT2D eigenvalue weighted by Crippen LogP contribution is -2.53. The molecule has 0 aliphatic heterocycles. The van der Waals surface area contributed by atoms with Gasteiger partial charge in [0.1, 0.15) is 16.9 Å². The van der Waals surface area contributed by atoms with E-state index in [9.17, 15) is 29.9 Å². The highest BCUT2D eigenvalue weighted by Crippen LogP contribution is 2.30. The number of nitrogens with two attached hydrogens (primary N) is 1.